The number of thiophene rings is 1. The first-order chi connectivity index (χ1) is 9.04. The molecular formula is C13H19BrN2O2S. The van der Waals surface area contributed by atoms with Crippen LogP contribution in [0.5, 0.6) is 0 Å². The molecule has 1 saturated heterocycles. The Morgan fingerprint density at radius 3 is 3.00 bits per heavy atom. The maximum atomic E-state index is 11.5. The minimum absolute atomic E-state index is 0.170. The van der Waals surface area contributed by atoms with Crippen molar-refractivity contribution in [2.75, 3.05) is 26.7 Å². The maximum absolute atomic E-state index is 11.5. The number of rotatable bonds is 6. The van der Waals surface area contributed by atoms with E-state index in [1.165, 1.54) is 4.88 Å². The second-order valence-corrected chi connectivity index (χ2v) is 6.94. The molecule has 0 aliphatic carbocycles. The molecule has 19 heavy (non-hydrogen) atoms. The highest BCUT2D eigenvalue weighted by atomic mass is 79.9. The van der Waals surface area contributed by atoms with Gasteiger partial charge in [-0.05, 0) is 35.5 Å². The van der Waals surface area contributed by atoms with Crippen molar-refractivity contribution < 1.29 is 9.90 Å². The number of halogens is 1. The van der Waals surface area contributed by atoms with Crippen molar-refractivity contribution in [3.63, 3.8) is 0 Å². The first kappa shape index (κ1) is 15.0. The van der Waals surface area contributed by atoms with Crippen LogP contribution in [0.4, 0.5) is 0 Å². The van der Waals surface area contributed by atoms with Crippen LogP contribution in [0.2, 0.25) is 0 Å². The molecule has 4 nitrogen and oxygen atoms in total. The molecule has 0 aromatic carbocycles. The number of aliphatic hydroxyl groups excluding tert-OH is 1. The van der Waals surface area contributed by atoms with Crippen LogP contribution >= 0.6 is 27.3 Å². The molecule has 1 aliphatic heterocycles. The number of hydrogen-bond acceptors (Lipinski definition) is 4. The molecule has 1 amide bonds. The smallest absolute Gasteiger partial charge is 0.222 e. The summed E-state index contributed by atoms with van der Waals surface area (Å²) in [5, 5.41) is 12.1. The van der Waals surface area contributed by atoms with Gasteiger partial charge in [-0.15, -0.1) is 11.3 Å². The Labute approximate surface area is 126 Å². The van der Waals surface area contributed by atoms with E-state index in [9.17, 15) is 9.90 Å². The van der Waals surface area contributed by atoms with E-state index in [1.807, 2.05) is 7.05 Å². The Morgan fingerprint density at radius 1 is 1.63 bits per heavy atom. The summed E-state index contributed by atoms with van der Waals surface area (Å²) in [5.41, 5.74) is 0. The largest absolute Gasteiger partial charge is 0.390 e. The summed E-state index contributed by atoms with van der Waals surface area (Å²) < 4.78 is 1.10. The summed E-state index contributed by atoms with van der Waals surface area (Å²) in [4.78, 5) is 16.6. The molecule has 2 rings (SSSR count). The molecule has 0 radical (unpaired) electrons. The van der Waals surface area contributed by atoms with E-state index in [4.69, 9.17) is 0 Å². The van der Waals surface area contributed by atoms with Crippen molar-refractivity contribution in [1.82, 2.24) is 9.80 Å². The van der Waals surface area contributed by atoms with Crippen molar-refractivity contribution in [1.29, 1.82) is 0 Å². The van der Waals surface area contributed by atoms with Gasteiger partial charge in [-0.3, -0.25) is 9.69 Å². The lowest BCUT2D eigenvalue weighted by molar-refractivity contribution is -0.129. The third-order valence-corrected chi connectivity index (χ3v) is 4.85. The van der Waals surface area contributed by atoms with Crippen LogP contribution in [0.15, 0.2) is 15.9 Å². The number of carbonyl (C=O) groups is 1. The van der Waals surface area contributed by atoms with Crippen LogP contribution in [0.1, 0.15) is 17.7 Å². The van der Waals surface area contributed by atoms with E-state index < -0.39 is 6.10 Å². The fraction of sp³-hybridized carbons (Fsp3) is 0.615. The minimum Gasteiger partial charge on any atom is -0.390 e. The fourth-order valence-electron chi connectivity index (χ4n) is 2.34. The Morgan fingerprint density at radius 2 is 2.42 bits per heavy atom. The van der Waals surface area contributed by atoms with Crippen molar-refractivity contribution in [3.05, 3.63) is 20.8 Å². The zero-order valence-corrected chi connectivity index (χ0v) is 13.4. The lowest BCUT2D eigenvalue weighted by Gasteiger charge is -2.24. The summed E-state index contributed by atoms with van der Waals surface area (Å²) in [6, 6.07) is 2.09. The lowest BCUT2D eigenvalue weighted by atomic mass is 10.3. The monoisotopic (exact) mass is 346 g/mol. The molecule has 106 valence electrons. The summed E-state index contributed by atoms with van der Waals surface area (Å²) in [6.07, 6.45) is 1.08. The third-order valence-electron chi connectivity index (χ3n) is 3.17. The van der Waals surface area contributed by atoms with Crippen LogP contribution in [0.25, 0.3) is 0 Å². The molecule has 6 heteroatoms. The Balaban J connectivity index is 1.75. The average Bonchev–Trinajstić information content (AvgIpc) is 2.89. The SMILES string of the molecule is CN(Cc1cc(Br)cs1)CC(O)CN1CCCC1=O. The Hall–Kier alpha value is -0.430. The molecular weight excluding hydrogens is 328 g/mol. The van der Waals surface area contributed by atoms with Gasteiger partial charge < -0.3 is 10.0 Å². The summed E-state index contributed by atoms with van der Waals surface area (Å²) >= 11 is 5.14. The molecule has 1 unspecified atom stereocenters. The molecule has 1 atom stereocenters. The molecule has 1 aromatic heterocycles. The van der Waals surface area contributed by atoms with Crippen molar-refractivity contribution >= 4 is 33.2 Å². The van der Waals surface area contributed by atoms with E-state index in [1.54, 1.807) is 16.2 Å². The molecule has 1 fully saturated rings. The third kappa shape index (κ3) is 4.56. The van der Waals surface area contributed by atoms with Gasteiger partial charge >= 0.3 is 0 Å². The van der Waals surface area contributed by atoms with Crippen LogP contribution in [0.3, 0.4) is 0 Å². The standard InChI is InChI=1S/C13H19BrN2O2S/c1-15(8-12-5-10(14)9-19-12)6-11(17)7-16-4-2-3-13(16)18/h5,9,11,17H,2-4,6-8H2,1H3. The number of β-amino-alcohol motifs (C(OH)–C–C–N with tert-alkyl or cyclic N) is 1. The molecule has 0 spiro atoms. The number of aliphatic hydroxyl groups is 1. The molecule has 1 aromatic rings. The number of likely N-dealkylation sites (tertiary alicyclic amines) is 1. The summed E-state index contributed by atoms with van der Waals surface area (Å²) in [7, 11) is 1.99. The fourth-order valence-corrected chi connectivity index (χ4v) is 3.87. The summed E-state index contributed by atoms with van der Waals surface area (Å²) in [6.45, 7) is 2.65. The van der Waals surface area contributed by atoms with Gasteiger partial charge in [-0.2, -0.15) is 0 Å². The molecule has 2 heterocycles. The topological polar surface area (TPSA) is 43.8 Å². The number of amides is 1. The minimum atomic E-state index is -0.476. The highest BCUT2D eigenvalue weighted by Crippen LogP contribution is 2.20. The number of carbonyl (C=O) groups excluding carboxylic acids is 1. The van der Waals surface area contributed by atoms with E-state index >= 15 is 0 Å². The number of likely N-dealkylation sites (N-methyl/N-ethyl adjacent to an activating group) is 1. The second-order valence-electron chi connectivity index (χ2n) is 5.03. The van der Waals surface area contributed by atoms with Crippen molar-refractivity contribution in [2.45, 2.75) is 25.5 Å². The van der Waals surface area contributed by atoms with Crippen LogP contribution in [-0.4, -0.2) is 53.6 Å². The predicted octanol–water partition coefficient (Wildman–Crippen LogP) is 1.93. The highest BCUT2D eigenvalue weighted by molar-refractivity contribution is 9.10. The van der Waals surface area contributed by atoms with Crippen molar-refractivity contribution in [2.24, 2.45) is 0 Å². The van der Waals surface area contributed by atoms with Gasteiger partial charge in [0.2, 0.25) is 5.91 Å². The van der Waals surface area contributed by atoms with Gasteiger partial charge in [-0.25, -0.2) is 0 Å². The van der Waals surface area contributed by atoms with Crippen LogP contribution < -0.4 is 0 Å². The van der Waals surface area contributed by atoms with Gasteiger partial charge in [0, 0.05) is 47.3 Å². The first-order valence-electron chi connectivity index (χ1n) is 6.42. The highest BCUT2D eigenvalue weighted by Gasteiger charge is 2.23. The van der Waals surface area contributed by atoms with Gasteiger partial charge in [0.15, 0.2) is 0 Å². The van der Waals surface area contributed by atoms with Crippen molar-refractivity contribution in [3.8, 4) is 0 Å². The molecule has 1 aliphatic rings. The average molecular weight is 347 g/mol. The quantitative estimate of drug-likeness (QED) is 0.855. The lowest BCUT2D eigenvalue weighted by Crippen LogP contribution is -2.39. The van der Waals surface area contributed by atoms with E-state index in [0.29, 0.717) is 19.5 Å². The molecule has 0 bridgehead atoms. The van der Waals surface area contributed by atoms with Gasteiger partial charge in [-0.1, -0.05) is 0 Å². The molecule has 0 saturated carbocycles. The zero-order chi connectivity index (χ0) is 13.8. The number of nitrogens with zero attached hydrogens (tertiary/aromatic N) is 2. The van der Waals surface area contributed by atoms with Gasteiger partial charge in [0.05, 0.1) is 6.10 Å². The van der Waals surface area contributed by atoms with Gasteiger partial charge in [0.1, 0.15) is 0 Å². The zero-order valence-electron chi connectivity index (χ0n) is 11.0. The predicted molar refractivity (Wildman–Crippen MR) is 80.2 cm³/mol. The number of hydrogen-bond donors (Lipinski definition) is 1. The van der Waals surface area contributed by atoms with E-state index in [2.05, 4.69) is 32.3 Å². The van der Waals surface area contributed by atoms with Gasteiger partial charge in [0.25, 0.3) is 0 Å². The Kier molecular flexibility index (Phi) is 5.38. The first-order valence-corrected chi connectivity index (χ1v) is 8.09. The van der Waals surface area contributed by atoms with E-state index in [0.717, 1.165) is 24.0 Å². The maximum Gasteiger partial charge on any atom is 0.222 e. The van der Waals surface area contributed by atoms with E-state index in [-0.39, 0.29) is 5.91 Å². The second kappa shape index (κ2) is 6.83. The summed E-state index contributed by atoms with van der Waals surface area (Å²) in [5.74, 6) is 0.170. The Bertz CT molecular complexity index is 438. The van der Waals surface area contributed by atoms with Crippen LogP contribution in [-0.2, 0) is 11.3 Å². The normalized spacial score (nSPS) is 17.5. The van der Waals surface area contributed by atoms with Crippen LogP contribution in [0, 0.1) is 0 Å². The molecule has 1 N–H and O–H groups in total.